The molecule has 0 bridgehead atoms. The van der Waals surface area contributed by atoms with Crippen LogP contribution in [0.25, 0.3) is 0 Å². The largest absolute Gasteiger partial charge is 0.354 e. The monoisotopic (exact) mass is 479 g/mol. The molecule has 0 atom stereocenters. The Labute approximate surface area is 214 Å². The SMILES string of the molecule is CCCCCCCCCCc1ccc2c(c1)Sc1cc(CCCCCCCCCC)ccc1N2. The highest BCUT2D eigenvalue weighted by Crippen LogP contribution is 2.45. The normalized spacial score (nSPS) is 12.3. The average molecular weight is 480 g/mol. The van der Waals surface area contributed by atoms with Gasteiger partial charge in [-0.25, -0.2) is 0 Å². The molecular weight excluding hydrogens is 430 g/mol. The molecule has 0 amide bonds. The second-order valence-corrected chi connectivity index (χ2v) is 11.4. The Morgan fingerprint density at radius 2 is 0.882 bits per heavy atom. The van der Waals surface area contributed by atoms with Gasteiger partial charge in [-0.3, -0.25) is 0 Å². The molecule has 0 aromatic heterocycles. The first-order valence-corrected chi connectivity index (χ1v) is 15.3. The third-order valence-corrected chi connectivity index (χ3v) is 8.33. The predicted molar refractivity (Wildman–Crippen MR) is 153 cm³/mol. The van der Waals surface area contributed by atoms with Gasteiger partial charge in [-0.2, -0.15) is 0 Å². The summed E-state index contributed by atoms with van der Waals surface area (Å²) >= 11 is 1.96. The third-order valence-electron chi connectivity index (χ3n) is 7.22. The second kappa shape index (κ2) is 16.3. The number of unbranched alkanes of at least 4 members (excludes halogenated alkanes) is 14. The standard InChI is InChI=1S/C32H49NS/c1-3-5-7-9-11-13-15-17-19-27-21-23-29-31(25-27)34-32-26-28(22-24-30(32)33-29)20-18-16-14-12-10-8-6-4-2/h21-26,33H,3-20H2,1-2H3. The van der Waals surface area contributed by atoms with E-state index in [2.05, 4.69) is 55.6 Å². The zero-order valence-electron chi connectivity index (χ0n) is 22.1. The molecule has 2 heteroatoms. The van der Waals surface area contributed by atoms with Gasteiger partial charge in [-0.05, 0) is 61.1 Å². The van der Waals surface area contributed by atoms with Crippen molar-refractivity contribution in [3.05, 3.63) is 47.5 Å². The fourth-order valence-corrected chi connectivity index (χ4v) is 6.13. The summed E-state index contributed by atoms with van der Waals surface area (Å²) in [6, 6.07) is 14.1. The molecule has 1 nitrogen and oxygen atoms in total. The summed E-state index contributed by atoms with van der Waals surface area (Å²) < 4.78 is 0. The molecule has 0 saturated carbocycles. The number of hydrogen-bond donors (Lipinski definition) is 1. The molecule has 34 heavy (non-hydrogen) atoms. The summed E-state index contributed by atoms with van der Waals surface area (Å²) in [6.07, 6.45) is 24.7. The molecule has 0 saturated heterocycles. The lowest BCUT2D eigenvalue weighted by Crippen LogP contribution is -2.01. The first kappa shape index (κ1) is 27.2. The van der Waals surface area contributed by atoms with Crippen molar-refractivity contribution in [3.8, 4) is 0 Å². The lowest BCUT2D eigenvalue weighted by atomic mass is 10.0. The Morgan fingerprint density at radius 3 is 1.29 bits per heavy atom. The lowest BCUT2D eigenvalue weighted by Gasteiger charge is -2.22. The van der Waals surface area contributed by atoms with Crippen LogP contribution >= 0.6 is 11.8 Å². The van der Waals surface area contributed by atoms with Gasteiger partial charge in [-0.1, -0.05) is 128 Å². The molecule has 2 aromatic carbocycles. The number of fused-ring (bicyclic) bond motifs is 2. The predicted octanol–water partition coefficient (Wildman–Crippen LogP) is 11.3. The van der Waals surface area contributed by atoms with Gasteiger partial charge in [0.15, 0.2) is 0 Å². The van der Waals surface area contributed by atoms with Gasteiger partial charge < -0.3 is 5.32 Å². The van der Waals surface area contributed by atoms with Crippen molar-refractivity contribution in [2.24, 2.45) is 0 Å². The van der Waals surface area contributed by atoms with Crippen LogP contribution in [0.1, 0.15) is 128 Å². The molecule has 0 unspecified atom stereocenters. The minimum absolute atomic E-state index is 1.22. The van der Waals surface area contributed by atoms with Crippen molar-refractivity contribution < 1.29 is 0 Å². The number of hydrogen-bond acceptors (Lipinski definition) is 2. The Balaban J connectivity index is 1.39. The van der Waals surface area contributed by atoms with Gasteiger partial charge in [0.2, 0.25) is 0 Å². The van der Waals surface area contributed by atoms with E-state index in [1.54, 1.807) is 0 Å². The molecule has 0 spiro atoms. The molecule has 1 aliphatic heterocycles. The van der Waals surface area contributed by atoms with Gasteiger partial charge in [-0.15, -0.1) is 0 Å². The molecule has 1 heterocycles. The highest BCUT2D eigenvalue weighted by Gasteiger charge is 2.16. The minimum Gasteiger partial charge on any atom is -0.354 e. The Bertz CT molecular complexity index is 760. The van der Waals surface area contributed by atoms with Gasteiger partial charge in [0.05, 0.1) is 11.4 Å². The van der Waals surface area contributed by atoms with E-state index in [0.29, 0.717) is 0 Å². The first-order chi connectivity index (χ1) is 16.8. The van der Waals surface area contributed by atoms with Crippen LogP contribution in [0.3, 0.4) is 0 Å². The molecule has 0 radical (unpaired) electrons. The zero-order chi connectivity index (χ0) is 23.8. The molecule has 3 rings (SSSR count). The van der Waals surface area contributed by atoms with E-state index in [0.717, 1.165) is 0 Å². The van der Waals surface area contributed by atoms with Crippen LogP contribution in [0, 0.1) is 0 Å². The minimum atomic E-state index is 1.22. The summed E-state index contributed by atoms with van der Waals surface area (Å²) in [6.45, 7) is 4.59. The van der Waals surface area contributed by atoms with Gasteiger partial charge in [0.1, 0.15) is 0 Å². The number of aryl methyl sites for hydroxylation is 2. The first-order valence-electron chi connectivity index (χ1n) is 14.5. The fourth-order valence-electron chi connectivity index (χ4n) is 5.01. The van der Waals surface area contributed by atoms with Crippen LogP contribution in [-0.4, -0.2) is 0 Å². The van der Waals surface area contributed by atoms with E-state index >= 15 is 0 Å². The smallest absolute Gasteiger partial charge is 0.0526 e. The van der Waals surface area contributed by atoms with Crippen molar-refractivity contribution in [1.29, 1.82) is 0 Å². The number of anilines is 2. The van der Waals surface area contributed by atoms with Crippen molar-refractivity contribution in [3.63, 3.8) is 0 Å². The highest BCUT2D eigenvalue weighted by atomic mass is 32.2. The van der Waals surface area contributed by atoms with E-state index in [1.807, 2.05) is 11.8 Å². The van der Waals surface area contributed by atoms with Crippen LogP contribution in [0.2, 0.25) is 0 Å². The molecule has 2 aromatic rings. The molecule has 0 fully saturated rings. The van der Waals surface area contributed by atoms with Crippen LogP contribution in [0.4, 0.5) is 11.4 Å². The van der Waals surface area contributed by atoms with E-state index in [4.69, 9.17) is 0 Å². The van der Waals surface area contributed by atoms with E-state index in [9.17, 15) is 0 Å². The van der Waals surface area contributed by atoms with Crippen LogP contribution in [-0.2, 0) is 12.8 Å². The summed E-state index contributed by atoms with van der Waals surface area (Å²) in [5.41, 5.74) is 5.54. The van der Waals surface area contributed by atoms with Gasteiger partial charge >= 0.3 is 0 Å². The van der Waals surface area contributed by atoms with Crippen molar-refractivity contribution in [1.82, 2.24) is 0 Å². The quantitative estimate of drug-likeness (QED) is 0.182. The zero-order valence-corrected chi connectivity index (χ0v) is 22.9. The summed E-state index contributed by atoms with van der Waals surface area (Å²) in [5.74, 6) is 0. The maximum atomic E-state index is 3.68. The summed E-state index contributed by atoms with van der Waals surface area (Å²) in [4.78, 5) is 2.79. The van der Waals surface area contributed by atoms with Crippen molar-refractivity contribution in [2.45, 2.75) is 139 Å². The third kappa shape index (κ3) is 9.68. The maximum Gasteiger partial charge on any atom is 0.0526 e. The number of rotatable bonds is 18. The van der Waals surface area contributed by atoms with Gasteiger partial charge in [0, 0.05) is 9.79 Å². The number of benzene rings is 2. The Kier molecular flexibility index (Phi) is 13.0. The van der Waals surface area contributed by atoms with E-state index in [1.165, 1.54) is 148 Å². The summed E-state index contributed by atoms with van der Waals surface area (Å²) in [7, 11) is 0. The number of nitrogens with one attached hydrogen (secondary N) is 1. The second-order valence-electron chi connectivity index (χ2n) is 10.3. The van der Waals surface area contributed by atoms with Crippen molar-refractivity contribution >= 4 is 23.1 Å². The molecular formula is C32H49NS. The Hall–Kier alpha value is -1.41. The topological polar surface area (TPSA) is 12.0 Å². The lowest BCUT2D eigenvalue weighted by molar-refractivity contribution is 0.575. The average Bonchev–Trinajstić information content (AvgIpc) is 2.86. The van der Waals surface area contributed by atoms with E-state index < -0.39 is 0 Å². The van der Waals surface area contributed by atoms with Gasteiger partial charge in [0.25, 0.3) is 0 Å². The molecule has 188 valence electrons. The van der Waals surface area contributed by atoms with Crippen molar-refractivity contribution in [2.75, 3.05) is 5.32 Å². The molecule has 0 aliphatic carbocycles. The molecule has 1 N–H and O–H groups in total. The van der Waals surface area contributed by atoms with Crippen LogP contribution in [0.5, 0.6) is 0 Å². The fraction of sp³-hybridized carbons (Fsp3) is 0.625. The Morgan fingerprint density at radius 1 is 0.500 bits per heavy atom. The van der Waals surface area contributed by atoms with Crippen LogP contribution < -0.4 is 5.32 Å². The van der Waals surface area contributed by atoms with E-state index in [-0.39, 0.29) is 0 Å². The van der Waals surface area contributed by atoms with Crippen LogP contribution in [0.15, 0.2) is 46.2 Å². The molecule has 1 aliphatic rings. The highest BCUT2D eigenvalue weighted by molar-refractivity contribution is 7.99. The maximum absolute atomic E-state index is 3.68. The summed E-state index contributed by atoms with van der Waals surface area (Å²) in [5, 5.41) is 3.68.